The number of ketones is 2. The number of hydrogen-bond donors (Lipinski definition) is 0. The van der Waals surface area contributed by atoms with Crippen molar-refractivity contribution in [2.45, 2.75) is 0 Å². The second kappa shape index (κ2) is 4.89. The number of hydrogen-bond acceptors (Lipinski definition) is 3. The summed E-state index contributed by atoms with van der Waals surface area (Å²) >= 11 is 5.86. The highest BCUT2D eigenvalue weighted by Gasteiger charge is 2.20. The maximum absolute atomic E-state index is 11.9. The van der Waals surface area contributed by atoms with Crippen molar-refractivity contribution in [3.05, 3.63) is 64.9 Å². The van der Waals surface area contributed by atoms with Gasteiger partial charge in [0.05, 0.1) is 5.02 Å². The molecule has 0 atom stereocenters. The highest BCUT2D eigenvalue weighted by molar-refractivity contribution is 6.51. The molecule has 0 radical (unpaired) electrons. The summed E-state index contributed by atoms with van der Waals surface area (Å²) in [5.74, 6) is -1.23. The van der Waals surface area contributed by atoms with Gasteiger partial charge in [0.2, 0.25) is 11.6 Å². The van der Waals surface area contributed by atoms with Crippen LogP contribution in [0.2, 0.25) is 5.02 Å². The van der Waals surface area contributed by atoms with Crippen LogP contribution in [0.25, 0.3) is 0 Å². The van der Waals surface area contributed by atoms with E-state index in [9.17, 15) is 9.59 Å². The topological polar surface area (TPSA) is 47.0 Å². The van der Waals surface area contributed by atoms with Crippen molar-refractivity contribution >= 4 is 23.2 Å². The van der Waals surface area contributed by atoms with E-state index in [2.05, 4.69) is 4.98 Å². The lowest BCUT2D eigenvalue weighted by atomic mass is 10.0. The summed E-state index contributed by atoms with van der Waals surface area (Å²) in [6.07, 6.45) is 2.90. The van der Waals surface area contributed by atoms with Crippen LogP contribution in [0.4, 0.5) is 0 Å². The number of aromatic nitrogens is 1. The number of carbonyl (C=O) groups excluding carboxylic acids is 2. The van der Waals surface area contributed by atoms with Gasteiger partial charge in [0.25, 0.3) is 0 Å². The molecule has 1 aromatic heterocycles. The summed E-state index contributed by atoms with van der Waals surface area (Å²) in [5, 5.41) is 0.273. The lowest BCUT2D eigenvalue weighted by Crippen LogP contribution is -2.15. The Bertz CT molecular complexity index is 567. The van der Waals surface area contributed by atoms with Gasteiger partial charge in [-0.1, -0.05) is 23.7 Å². The first kappa shape index (κ1) is 11.5. The van der Waals surface area contributed by atoms with Crippen molar-refractivity contribution in [3.8, 4) is 0 Å². The molecule has 0 bridgehead atoms. The van der Waals surface area contributed by atoms with E-state index in [0.717, 1.165) is 0 Å². The van der Waals surface area contributed by atoms with E-state index in [1.807, 2.05) is 0 Å². The van der Waals surface area contributed by atoms with Gasteiger partial charge in [0.15, 0.2) is 0 Å². The first-order chi connectivity index (χ1) is 8.20. The molecule has 0 amide bonds. The fourth-order valence-corrected chi connectivity index (χ4v) is 1.62. The number of halogens is 1. The van der Waals surface area contributed by atoms with Crippen LogP contribution in [-0.2, 0) is 0 Å². The third-order valence-electron chi connectivity index (χ3n) is 2.25. The largest absolute Gasteiger partial charge is 0.285 e. The number of benzene rings is 1. The smallest absolute Gasteiger partial charge is 0.235 e. The second-order valence-corrected chi connectivity index (χ2v) is 3.79. The van der Waals surface area contributed by atoms with Gasteiger partial charge >= 0.3 is 0 Å². The molecule has 2 aromatic rings. The first-order valence-electron chi connectivity index (χ1n) is 4.93. The molecular formula is C13H8ClNO2. The standard InChI is InChI=1S/C13H8ClNO2/c14-11-6-2-1-5-10(11)13(17)12(16)9-4-3-7-15-8-9/h1-8H. The Balaban J connectivity index is 2.34. The SMILES string of the molecule is O=C(C(=O)c1ccccc1Cl)c1cccnc1. The van der Waals surface area contributed by atoms with Gasteiger partial charge in [-0.25, -0.2) is 0 Å². The molecule has 2 rings (SSSR count). The number of nitrogens with zero attached hydrogens (tertiary/aromatic N) is 1. The van der Waals surface area contributed by atoms with Crippen LogP contribution in [0.5, 0.6) is 0 Å². The molecule has 4 heteroatoms. The van der Waals surface area contributed by atoms with Crippen molar-refractivity contribution in [2.24, 2.45) is 0 Å². The minimum Gasteiger partial charge on any atom is -0.285 e. The monoisotopic (exact) mass is 245 g/mol. The third kappa shape index (κ3) is 2.40. The zero-order chi connectivity index (χ0) is 12.3. The Morgan fingerprint density at radius 2 is 1.76 bits per heavy atom. The Hall–Kier alpha value is -2.00. The maximum atomic E-state index is 11.9. The summed E-state index contributed by atoms with van der Waals surface area (Å²) in [7, 11) is 0. The highest BCUT2D eigenvalue weighted by Crippen LogP contribution is 2.17. The predicted octanol–water partition coefficient (Wildman–Crippen LogP) is 2.80. The van der Waals surface area contributed by atoms with Gasteiger partial charge in [-0.3, -0.25) is 14.6 Å². The maximum Gasteiger partial charge on any atom is 0.235 e. The highest BCUT2D eigenvalue weighted by atomic mass is 35.5. The molecule has 17 heavy (non-hydrogen) atoms. The van der Waals surface area contributed by atoms with Crippen LogP contribution in [0.15, 0.2) is 48.8 Å². The van der Waals surface area contributed by atoms with Crippen LogP contribution in [-0.4, -0.2) is 16.6 Å². The molecule has 1 aromatic carbocycles. The average molecular weight is 246 g/mol. The molecule has 0 aliphatic carbocycles. The van der Waals surface area contributed by atoms with E-state index in [4.69, 9.17) is 11.6 Å². The van der Waals surface area contributed by atoms with Gasteiger partial charge in [0, 0.05) is 23.5 Å². The van der Waals surface area contributed by atoms with Crippen LogP contribution >= 0.6 is 11.6 Å². The van der Waals surface area contributed by atoms with Crippen molar-refractivity contribution in [1.29, 1.82) is 0 Å². The molecule has 0 aliphatic rings. The van der Waals surface area contributed by atoms with Crippen molar-refractivity contribution < 1.29 is 9.59 Å². The van der Waals surface area contributed by atoms with Crippen LogP contribution < -0.4 is 0 Å². The quantitative estimate of drug-likeness (QED) is 0.617. The molecule has 0 N–H and O–H groups in total. The Kier molecular flexibility index (Phi) is 3.30. The first-order valence-corrected chi connectivity index (χ1v) is 5.31. The minimum atomic E-state index is -0.622. The van der Waals surface area contributed by atoms with Crippen molar-refractivity contribution in [3.63, 3.8) is 0 Å². The Morgan fingerprint density at radius 1 is 1.00 bits per heavy atom. The van der Waals surface area contributed by atoms with Gasteiger partial charge in [-0.05, 0) is 24.3 Å². The van der Waals surface area contributed by atoms with Crippen molar-refractivity contribution in [2.75, 3.05) is 0 Å². The van der Waals surface area contributed by atoms with E-state index in [-0.39, 0.29) is 16.1 Å². The molecule has 0 unspecified atom stereocenters. The lowest BCUT2D eigenvalue weighted by molar-refractivity contribution is 0.0817. The van der Waals surface area contributed by atoms with Crippen LogP contribution in [0.3, 0.4) is 0 Å². The number of Topliss-reactive ketones (excluding diaryl/α,β-unsaturated/α-hetero) is 2. The fourth-order valence-electron chi connectivity index (χ4n) is 1.40. The average Bonchev–Trinajstić information content (AvgIpc) is 2.39. The van der Waals surface area contributed by atoms with E-state index >= 15 is 0 Å². The zero-order valence-corrected chi connectivity index (χ0v) is 9.52. The van der Waals surface area contributed by atoms with Crippen LogP contribution in [0, 0.1) is 0 Å². The normalized spacial score (nSPS) is 9.94. The summed E-state index contributed by atoms with van der Waals surface area (Å²) in [4.78, 5) is 27.6. The predicted molar refractivity (Wildman–Crippen MR) is 64.4 cm³/mol. The minimum absolute atomic E-state index is 0.211. The molecule has 0 saturated heterocycles. The molecule has 0 saturated carbocycles. The fraction of sp³-hybridized carbons (Fsp3) is 0. The lowest BCUT2D eigenvalue weighted by Gasteiger charge is -2.01. The Morgan fingerprint density at radius 3 is 2.41 bits per heavy atom. The second-order valence-electron chi connectivity index (χ2n) is 3.38. The van der Waals surface area contributed by atoms with E-state index in [1.54, 1.807) is 30.3 Å². The third-order valence-corrected chi connectivity index (χ3v) is 2.58. The molecule has 84 valence electrons. The number of carbonyl (C=O) groups is 2. The number of pyridine rings is 1. The van der Waals surface area contributed by atoms with Gasteiger partial charge in [-0.2, -0.15) is 0 Å². The number of rotatable bonds is 3. The van der Waals surface area contributed by atoms with Gasteiger partial charge < -0.3 is 0 Å². The summed E-state index contributed by atoms with van der Waals surface area (Å²) in [6, 6.07) is 9.62. The molecule has 1 heterocycles. The van der Waals surface area contributed by atoms with Crippen molar-refractivity contribution in [1.82, 2.24) is 4.98 Å². The van der Waals surface area contributed by atoms with Gasteiger partial charge in [-0.15, -0.1) is 0 Å². The Labute approximate surface area is 103 Å². The molecule has 0 aliphatic heterocycles. The molecular weight excluding hydrogens is 238 g/mol. The summed E-state index contributed by atoms with van der Waals surface area (Å²) in [6.45, 7) is 0. The van der Waals surface area contributed by atoms with Gasteiger partial charge in [0.1, 0.15) is 0 Å². The molecule has 0 fully saturated rings. The van der Waals surface area contributed by atoms with E-state index < -0.39 is 11.6 Å². The van der Waals surface area contributed by atoms with E-state index in [1.165, 1.54) is 18.5 Å². The molecule has 3 nitrogen and oxygen atoms in total. The molecule has 0 spiro atoms. The summed E-state index contributed by atoms with van der Waals surface area (Å²) < 4.78 is 0. The van der Waals surface area contributed by atoms with Crippen LogP contribution in [0.1, 0.15) is 20.7 Å². The van der Waals surface area contributed by atoms with E-state index in [0.29, 0.717) is 0 Å². The summed E-state index contributed by atoms with van der Waals surface area (Å²) in [5.41, 5.74) is 0.473. The zero-order valence-electron chi connectivity index (χ0n) is 8.76.